The molecular weight excluding hydrogens is 358 g/mol. The SMILES string of the molecule is O=C(c1ccccc1)N1CCC2(CC1)Nc1ccc(Cl)cc1-n1cccc12. The van der Waals surface area contributed by atoms with E-state index in [-0.39, 0.29) is 11.4 Å². The number of likely N-dealkylation sites (tertiary alicyclic amines) is 1. The van der Waals surface area contributed by atoms with Crippen LogP contribution in [-0.2, 0) is 5.54 Å². The van der Waals surface area contributed by atoms with Crippen molar-refractivity contribution in [3.63, 3.8) is 0 Å². The largest absolute Gasteiger partial charge is 0.372 e. The molecule has 0 bridgehead atoms. The van der Waals surface area contributed by atoms with Crippen LogP contribution in [0.5, 0.6) is 0 Å². The van der Waals surface area contributed by atoms with Crippen LogP contribution in [0.15, 0.2) is 66.9 Å². The first-order valence-electron chi connectivity index (χ1n) is 9.27. The van der Waals surface area contributed by atoms with Gasteiger partial charge in [-0.3, -0.25) is 4.79 Å². The summed E-state index contributed by atoms with van der Waals surface area (Å²) < 4.78 is 2.23. The summed E-state index contributed by atoms with van der Waals surface area (Å²) in [5, 5.41) is 4.49. The highest BCUT2D eigenvalue weighted by Crippen LogP contribution is 2.44. The molecule has 27 heavy (non-hydrogen) atoms. The van der Waals surface area contributed by atoms with Crippen LogP contribution in [0.2, 0.25) is 5.02 Å². The predicted octanol–water partition coefficient (Wildman–Crippen LogP) is 4.69. The number of amides is 1. The highest BCUT2D eigenvalue weighted by molar-refractivity contribution is 6.30. The first kappa shape index (κ1) is 16.5. The van der Waals surface area contributed by atoms with E-state index in [0.717, 1.165) is 47.9 Å². The molecule has 0 saturated carbocycles. The van der Waals surface area contributed by atoms with E-state index in [1.54, 1.807) is 0 Å². The van der Waals surface area contributed by atoms with Gasteiger partial charge in [-0.2, -0.15) is 0 Å². The molecule has 1 saturated heterocycles. The van der Waals surface area contributed by atoms with Gasteiger partial charge in [0.25, 0.3) is 5.91 Å². The lowest BCUT2D eigenvalue weighted by Crippen LogP contribution is -2.51. The average molecular weight is 378 g/mol. The summed E-state index contributed by atoms with van der Waals surface area (Å²) in [7, 11) is 0. The van der Waals surface area contributed by atoms with E-state index in [9.17, 15) is 4.79 Å². The molecule has 136 valence electrons. The number of carbonyl (C=O) groups excluding carboxylic acids is 1. The minimum absolute atomic E-state index is 0.115. The molecule has 1 N–H and O–H groups in total. The van der Waals surface area contributed by atoms with Crippen molar-refractivity contribution in [1.29, 1.82) is 0 Å². The van der Waals surface area contributed by atoms with Gasteiger partial charge in [0.15, 0.2) is 0 Å². The molecule has 0 aliphatic carbocycles. The molecule has 1 fully saturated rings. The predicted molar refractivity (Wildman–Crippen MR) is 108 cm³/mol. The third kappa shape index (κ3) is 2.63. The minimum atomic E-state index is -0.155. The summed E-state index contributed by atoms with van der Waals surface area (Å²) in [5.74, 6) is 0.115. The number of nitrogens with one attached hydrogen (secondary N) is 1. The van der Waals surface area contributed by atoms with Crippen molar-refractivity contribution in [2.75, 3.05) is 18.4 Å². The summed E-state index contributed by atoms with van der Waals surface area (Å²) in [6, 6.07) is 19.7. The summed E-state index contributed by atoms with van der Waals surface area (Å²) in [4.78, 5) is 14.8. The molecule has 2 aliphatic heterocycles. The van der Waals surface area contributed by atoms with Crippen LogP contribution >= 0.6 is 11.6 Å². The minimum Gasteiger partial charge on any atom is -0.372 e. The number of hydrogen-bond acceptors (Lipinski definition) is 2. The Hall–Kier alpha value is -2.72. The van der Waals surface area contributed by atoms with Crippen molar-refractivity contribution < 1.29 is 4.79 Å². The summed E-state index contributed by atoms with van der Waals surface area (Å²) in [6.07, 6.45) is 3.84. The third-order valence-electron chi connectivity index (χ3n) is 5.76. The maximum absolute atomic E-state index is 12.8. The Morgan fingerprint density at radius 2 is 1.78 bits per heavy atom. The number of aromatic nitrogens is 1. The van der Waals surface area contributed by atoms with Crippen LogP contribution < -0.4 is 5.32 Å². The number of benzene rings is 2. The van der Waals surface area contributed by atoms with E-state index < -0.39 is 0 Å². The second-order valence-corrected chi connectivity index (χ2v) is 7.73. The van der Waals surface area contributed by atoms with Crippen LogP contribution in [0, 0.1) is 0 Å². The molecule has 3 aromatic rings. The van der Waals surface area contributed by atoms with E-state index in [1.807, 2.05) is 53.4 Å². The van der Waals surface area contributed by atoms with Crippen LogP contribution in [0.3, 0.4) is 0 Å². The summed E-state index contributed by atoms with van der Waals surface area (Å²) in [6.45, 7) is 1.46. The van der Waals surface area contributed by atoms with E-state index in [2.05, 4.69) is 28.2 Å². The molecule has 5 heteroatoms. The van der Waals surface area contributed by atoms with Gasteiger partial charge in [0.1, 0.15) is 0 Å². The number of rotatable bonds is 1. The number of carbonyl (C=O) groups is 1. The molecule has 0 atom stereocenters. The molecule has 0 unspecified atom stereocenters. The molecule has 4 nitrogen and oxygen atoms in total. The maximum atomic E-state index is 12.8. The van der Waals surface area contributed by atoms with Crippen molar-refractivity contribution in [3.8, 4) is 5.69 Å². The molecule has 1 aromatic heterocycles. The van der Waals surface area contributed by atoms with Gasteiger partial charge in [0.2, 0.25) is 0 Å². The lowest BCUT2D eigenvalue weighted by molar-refractivity contribution is 0.0676. The van der Waals surface area contributed by atoms with Crippen LogP contribution in [0.1, 0.15) is 28.9 Å². The fourth-order valence-electron chi connectivity index (χ4n) is 4.35. The third-order valence-corrected chi connectivity index (χ3v) is 5.99. The van der Waals surface area contributed by atoms with E-state index in [1.165, 1.54) is 5.69 Å². The van der Waals surface area contributed by atoms with Crippen molar-refractivity contribution in [3.05, 3.63) is 83.1 Å². The highest BCUT2D eigenvalue weighted by atomic mass is 35.5. The molecule has 0 radical (unpaired) electrons. The Labute approximate surface area is 163 Å². The zero-order chi connectivity index (χ0) is 18.4. The quantitative estimate of drug-likeness (QED) is 0.668. The summed E-state index contributed by atoms with van der Waals surface area (Å²) in [5.41, 5.74) is 4.01. The highest BCUT2D eigenvalue weighted by Gasteiger charge is 2.42. The van der Waals surface area contributed by atoms with Gasteiger partial charge >= 0.3 is 0 Å². The van der Waals surface area contributed by atoms with Gasteiger partial charge in [-0.25, -0.2) is 0 Å². The normalized spacial score (nSPS) is 17.1. The molecule has 3 heterocycles. The van der Waals surface area contributed by atoms with E-state index in [0.29, 0.717) is 0 Å². The van der Waals surface area contributed by atoms with Crippen LogP contribution in [0.25, 0.3) is 5.69 Å². The van der Waals surface area contributed by atoms with Crippen molar-refractivity contribution in [2.45, 2.75) is 18.4 Å². The van der Waals surface area contributed by atoms with Crippen molar-refractivity contribution in [2.24, 2.45) is 0 Å². The maximum Gasteiger partial charge on any atom is 0.253 e. The number of anilines is 1. The smallest absolute Gasteiger partial charge is 0.253 e. The number of hydrogen-bond donors (Lipinski definition) is 1. The fourth-order valence-corrected chi connectivity index (χ4v) is 4.51. The molecule has 5 rings (SSSR count). The zero-order valence-corrected chi connectivity index (χ0v) is 15.6. The Kier molecular flexibility index (Phi) is 3.76. The molecule has 1 spiro atoms. The second-order valence-electron chi connectivity index (χ2n) is 7.29. The van der Waals surface area contributed by atoms with Crippen molar-refractivity contribution in [1.82, 2.24) is 9.47 Å². The molecule has 1 amide bonds. The average Bonchev–Trinajstić information content (AvgIpc) is 3.21. The number of nitrogens with zero attached hydrogens (tertiary/aromatic N) is 2. The van der Waals surface area contributed by atoms with Crippen LogP contribution in [-0.4, -0.2) is 28.5 Å². The first-order valence-corrected chi connectivity index (χ1v) is 9.64. The Bertz CT molecular complexity index is 1000. The van der Waals surface area contributed by atoms with Gasteiger partial charge in [-0.15, -0.1) is 0 Å². The first-order chi connectivity index (χ1) is 13.2. The number of piperidine rings is 1. The fraction of sp³-hybridized carbons (Fsp3) is 0.227. The number of halogens is 1. The van der Waals surface area contributed by atoms with E-state index in [4.69, 9.17) is 11.6 Å². The Morgan fingerprint density at radius 3 is 2.56 bits per heavy atom. The number of fused-ring (bicyclic) bond motifs is 4. The van der Waals surface area contributed by atoms with Gasteiger partial charge < -0.3 is 14.8 Å². The van der Waals surface area contributed by atoms with E-state index >= 15 is 0 Å². The lowest BCUT2D eigenvalue weighted by Gasteiger charge is -2.46. The lowest BCUT2D eigenvalue weighted by atomic mass is 9.82. The zero-order valence-electron chi connectivity index (χ0n) is 14.9. The monoisotopic (exact) mass is 377 g/mol. The summed E-state index contributed by atoms with van der Waals surface area (Å²) >= 11 is 6.21. The topological polar surface area (TPSA) is 37.3 Å². The van der Waals surface area contributed by atoms with Gasteiger partial charge in [-0.05, 0) is 55.3 Å². The second kappa shape index (κ2) is 6.17. The Balaban J connectivity index is 1.43. The van der Waals surface area contributed by atoms with Crippen LogP contribution in [0.4, 0.5) is 5.69 Å². The van der Waals surface area contributed by atoms with Gasteiger partial charge in [0, 0.05) is 35.6 Å². The molecule has 2 aromatic carbocycles. The van der Waals surface area contributed by atoms with Gasteiger partial charge in [-0.1, -0.05) is 29.8 Å². The Morgan fingerprint density at radius 1 is 1.00 bits per heavy atom. The standard InChI is InChI=1S/C22H20ClN3O/c23-17-8-9-18-19(15-17)26-12-4-7-20(26)22(24-18)10-13-25(14-11-22)21(27)16-5-2-1-3-6-16/h1-9,12,15,24H,10-11,13-14H2. The molecule has 2 aliphatic rings. The van der Waals surface area contributed by atoms with Crippen molar-refractivity contribution >= 4 is 23.2 Å². The molecular formula is C22H20ClN3O. The van der Waals surface area contributed by atoms with Gasteiger partial charge in [0.05, 0.1) is 16.9 Å².